The van der Waals surface area contributed by atoms with E-state index >= 15 is 0 Å². The van der Waals surface area contributed by atoms with Gasteiger partial charge in [-0.1, -0.05) is 42.5 Å². The molecule has 0 saturated carbocycles. The zero-order valence-corrected chi connectivity index (χ0v) is 19.2. The molecule has 0 unspecified atom stereocenters. The summed E-state index contributed by atoms with van der Waals surface area (Å²) < 4.78 is 33.4. The third-order valence-electron chi connectivity index (χ3n) is 5.93. The molecule has 2 aromatic rings. The molecular weight excluding hydrogens is 444 g/mol. The van der Waals surface area contributed by atoms with E-state index in [0.29, 0.717) is 32.0 Å². The number of anilines is 1. The number of nitro benzene ring substituents is 1. The Balaban J connectivity index is 1.48. The van der Waals surface area contributed by atoms with Gasteiger partial charge in [0.1, 0.15) is 4.90 Å². The van der Waals surface area contributed by atoms with Gasteiger partial charge in [-0.05, 0) is 11.6 Å². The van der Waals surface area contributed by atoms with Crippen LogP contribution in [-0.4, -0.2) is 81.6 Å². The third kappa shape index (κ3) is 5.59. The minimum absolute atomic E-state index is 0.00368. The van der Waals surface area contributed by atoms with E-state index in [-0.39, 0.29) is 23.7 Å². The molecule has 2 heterocycles. The summed E-state index contributed by atoms with van der Waals surface area (Å²) in [6, 6.07) is 14.2. The molecule has 2 aromatic carbocycles. The Hall–Kier alpha value is -2.79. The molecule has 0 spiro atoms. The third-order valence-corrected chi connectivity index (χ3v) is 7.86. The summed E-state index contributed by atoms with van der Waals surface area (Å²) in [5, 5.41) is 11.3. The second kappa shape index (κ2) is 10.4. The summed E-state index contributed by atoms with van der Waals surface area (Å²) in [4.78, 5) is 15.1. The van der Waals surface area contributed by atoms with Gasteiger partial charge in [-0.3, -0.25) is 15.0 Å². The number of piperazine rings is 1. The first-order chi connectivity index (χ1) is 15.9. The lowest BCUT2D eigenvalue weighted by Crippen LogP contribution is -2.47. The maximum atomic E-state index is 13.4. The van der Waals surface area contributed by atoms with Crippen molar-refractivity contribution in [2.24, 2.45) is 0 Å². The van der Waals surface area contributed by atoms with E-state index < -0.39 is 14.9 Å². The van der Waals surface area contributed by atoms with Crippen molar-refractivity contribution < 1.29 is 18.1 Å². The Morgan fingerprint density at radius 3 is 2.33 bits per heavy atom. The number of hydrogen-bond acceptors (Lipinski definition) is 7. The van der Waals surface area contributed by atoms with Gasteiger partial charge < -0.3 is 9.64 Å². The Morgan fingerprint density at radius 2 is 1.67 bits per heavy atom. The Morgan fingerprint density at radius 1 is 0.970 bits per heavy atom. The smallest absolute Gasteiger partial charge is 0.270 e. The van der Waals surface area contributed by atoms with Crippen molar-refractivity contribution in [2.75, 3.05) is 63.9 Å². The van der Waals surface area contributed by atoms with Crippen LogP contribution in [0.5, 0.6) is 0 Å². The predicted octanol–water partition coefficient (Wildman–Crippen LogP) is 2.45. The van der Waals surface area contributed by atoms with Gasteiger partial charge in [-0.15, -0.1) is 0 Å². The van der Waals surface area contributed by atoms with E-state index in [0.717, 1.165) is 25.2 Å². The first kappa shape index (κ1) is 23.4. The second-order valence-electron chi connectivity index (χ2n) is 8.03. The fourth-order valence-corrected chi connectivity index (χ4v) is 5.72. The zero-order chi connectivity index (χ0) is 23.3. The number of rotatable bonds is 7. The summed E-state index contributed by atoms with van der Waals surface area (Å²) in [5.74, 6) is 0. The van der Waals surface area contributed by atoms with Crippen LogP contribution in [0.25, 0.3) is 6.08 Å². The lowest BCUT2D eigenvalue weighted by Gasteiger charge is -2.37. The summed E-state index contributed by atoms with van der Waals surface area (Å²) in [6.07, 6.45) is 4.22. The minimum atomic E-state index is -3.87. The topological polar surface area (TPSA) is 96.2 Å². The van der Waals surface area contributed by atoms with Crippen LogP contribution in [0.15, 0.2) is 59.5 Å². The number of non-ortho nitro benzene ring substituents is 1. The zero-order valence-electron chi connectivity index (χ0n) is 18.4. The van der Waals surface area contributed by atoms with Crippen LogP contribution < -0.4 is 4.90 Å². The average Bonchev–Trinajstić information content (AvgIpc) is 2.85. The highest BCUT2D eigenvalue weighted by Gasteiger charge is 2.32. The summed E-state index contributed by atoms with van der Waals surface area (Å²) >= 11 is 0. The fourth-order valence-electron chi connectivity index (χ4n) is 4.08. The molecule has 0 N–H and O–H groups in total. The highest BCUT2D eigenvalue weighted by molar-refractivity contribution is 7.89. The Labute approximate surface area is 194 Å². The van der Waals surface area contributed by atoms with Gasteiger partial charge in [-0.25, -0.2) is 8.42 Å². The van der Waals surface area contributed by atoms with Gasteiger partial charge in [0.15, 0.2) is 0 Å². The molecule has 9 nitrogen and oxygen atoms in total. The summed E-state index contributed by atoms with van der Waals surface area (Å²) in [7, 11) is -3.87. The average molecular weight is 473 g/mol. The lowest BCUT2D eigenvalue weighted by atomic mass is 10.2. The van der Waals surface area contributed by atoms with Crippen LogP contribution in [0.4, 0.5) is 11.4 Å². The van der Waals surface area contributed by atoms with Gasteiger partial charge in [0.25, 0.3) is 5.69 Å². The first-order valence-electron chi connectivity index (χ1n) is 11.0. The van der Waals surface area contributed by atoms with Gasteiger partial charge in [0.05, 0.1) is 23.8 Å². The van der Waals surface area contributed by atoms with E-state index in [1.54, 1.807) is 6.07 Å². The van der Waals surface area contributed by atoms with Gasteiger partial charge in [-0.2, -0.15) is 4.31 Å². The van der Waals surface area contributed by atoms with Crippen molar-refractivity contribution in [2.45, 2.75) is 4.90 Å². The molecule has 2 saturated heterocycles. The SMILES string of the molecule is O=[N+]([O-])c1ccc(N2CCN(C/C=C/c3ccccc3)CC2)c(S(=O)(=O)N2CCOCC2)c1. The summed E-state index contributed by atoms with van der Waals surface area (Å²) in [5.41, 5.74) is 1.45. The van der Waals surface area contributed by atoms with Crippen LogP contribution in [0.1, 0.15) is 5.56 Å². The maximum absolute atomic E-state index is 13.4. The molecule has 176 valence electrons. The van der Waals surface area contributed by atoms with Crippen molar-refractivity contribution in [3.63, 3.8) is 0 Å². The van der Waals surface area contributed by atoms with Crippen LogP contribution in [0.2, 0.25) is 0 Å². The first-order valence-corrected chi connectivity index (χ1v) is 12.4. The fraction of sp³-hybridized carbons (Fsp3) is 0.391. The Bertz CT molecular complexity index is 1090. The molecule has 10 heteroatoms. The maximum Gasteiger partial charge on any atom is 0.270 e. The standard InChI is InChI=1S/C23H28N4O5S/c28-27(29)21-8-9-22(23(19-21)33(30,31)26-15-17-32-18-16-26)25-13-11-24(12-14-25)10-4-7-20-5-2-1-3-6-20/h1-9,19H,10-18H2/b7-4+. The number of morpholine rings is 1. The van der Waals surface area contributed by atoms with E-state index in [1.165, 1.54) is 16.4 Å². The number of nitro groups is 1. The van der Waals surface area contributed by atoms with E-state index in [9.17, 15) is 18.5 Å². The van der Waals surface area contributed by atoms with Gasteiger partial charge in [0, 0.05) is 57.9 Å². The predicted molar refractivity (Wildman–Crippen MR) is 127 cm³/mol. The largest absolute Gasteiger partial charge is 0.379 e. The lowest BCUT2D eigenvalue weighted by molar-refractivity contribution is -0.385. The van der Waals surface area contributed by atoms with Crippen LogP contribution >= 0.6 is 0 Å². The molecule has 0 bridgehead atoms. The number of hydrogen-bond donors (Lipinski definition) is 0. The molecule has 0 radical (unpaired) electrons. The number of nitrogens with zero attached hydrogens (tertiary/aromatic N) is 4. The van der Waals surface area contributed by atoms with Crippen LogP contribution in [0.3, 0.4) is 0 Å². The molecule has 2 aliphatic rings. The molecule has 0 aliphatic carbocycles. The van der Waals surface area contributed by atoms with Gasteiger partial charge >= 0.3 is 0 Å². The highest BCUT2D eigenvalue weighted by Crippen LogP contribution is 2.32. The molecule has 33 heavy (non-hydrogen) atoms. The molecule has 4 rings (SSSR count). The molecular formula is C23H28N4O5S. The molecule has 2 fully saturated rings. The number of benzene rings is 2. The molecule has 0 aromatic heterocycles. The molecule has 0 amide bonds. The normalized spacial score (nSPS) is 18.6. The van der Waals surface area contributed by atoms with Gasteiger partial charge in [0.2, 0.25) is 10.0 Å². The van der Waals surface area contributed by atoms with Crippen LogP contribution in [-0.2, 0) is 14.8 Å². The summed E-state index contributed by atoms with van der Waals surface area (Å²) in [6.45, 7) is 4.75. The quantitative estimate of drug-likeness (QED) is 0.451. The molecule has 0 atom stereocenters. The highest BCUT2D eigenvalue weighted by atomic mass is 32.2. The van der Waals surface area contributed by atoms with Crippen molar-refractivity contribution in [1.29, 1.82) is 0 Å². The van der Waals surface area contributed by atoms with E-state index in [2.05, 4.69) is 29.2 Å². The van der Waals surface area contributed by atoms with E-state index in [4.69, 9.17) is 4.74 Å². The monoisotopic (exact) mass is 472 g/mol. The van der Waals surface area contributed by atoms with Crippen molar-refractivity contribution in [3.8, 4) is 0 Å². The second-order valence-corrected chi connectivity index (χ2v) is 9.93. The van der Waals surface area contributed by atoms with Crippen molar-refractivity contribution in [3.05, 3.63) is 70.3 Å². The minimum Gasteiger partial charge on any atom is -0.379 e. The number of ether oxygens (including phenoxy) is 1. The number of sulfonamides is 1. The van der Waals surface area contributed by atoms with Crippen molar-refractivity contribution in [1.82, 2.24) is 9.21 Å². The van der Waals surface area contributed by atoms with Crippen molar-refractivity contribution >= 4 is 27.5 Å². The Kier molecular flexibility index (Phi) is 7.39. The van der Waals surface area contributed by atoms with Crippen LogP contribution in [0, 0.1) is 10.1 Å². The molecule has 2 aliphatic heterocycles. The van der Waals surface area contributed by atoms with E-state index in [1.807, 2.05) is 23.1 Å².